The van der Waals surface area contributed by atoms with Crippen LogP contribution >= 0.6 is 24.8 Å². The van der Waals surface area contributed by atoms with Gasteiger partial charge in [-0.1, -0.05) is 12.5 Å². The molecule has 128 valence electrons. The Labute approximate surface area is 148 Å². The number of nitrogens with two attached hydrogens (primary N) is 1. The summed E-state index contributed by atoms with van der Waals surface area (Å²) in [5.41, 5.74) is 7.88. The number of hydrogen-bond donors (Lipinski definition) is 2. The lowest BCUT2D eigenvalue weighted by molar-refractivity contribution is -0.126. The van der Waals surface area contributed by atoms with Gasteiger partial charge < -0.3 is 15.5 Å². The predicted molar refractivity (Wildman–Crippen MR) is 96.3 cm³/mol. The lowest BCUT2D eigenvalue weighted by Gasteiger charge is -2.25. The zero-order chi connectivity index (χ0) is 14.7. The first-order valence-corrected chi connectivity index (χ1v) is 7.68. The average Bonchev–Trinajstić information content (AvgIpc) is 2.89. The predicted octanol–water partition coefficient (Wildman–Crippen LogP) is 2.35. The van der Waals surface area contributed by atoms with Gasteiger partial charge >= 0.3 is 0 Å². The van der Waals surface area contributed by atoms with Gasteiger partial charge in [-0.3, -0.25) is 4.79 Å². The third kappa shape index (κ3) is 5.09. The van der Waals surface area contributed by atoms with Crippen LogP contribution in [0.15, 0.2) is 30.6 Å². The molecule has 1 aliphatic rings. The monoisotopic (exact) mass is 358 g/mol. The normalized spacial score (nSPS) is 20.4. The van der Waals surface area contributed by atoms with Crippen LogP contribution in [0, 0.1) is 5.92 Å². The maximum atomic E-state index is 12.1. The number of nitrogens with zero attached hydrogens (tertiary/aromatic N) is 2. The highest BCUT2D eigenvalue weighted by Crippen LogP contribution is 2.23. The number of carbonyl (C=O) groups excluding carboxylic acids is 1. The van der Waals surface area contributed by atoms with E-state index in [-0.39, 0.29) is 42.7 Å². The van der Waals surface area contributed by atoms with Gasteiger partial charge in [-0.25, -0.2) is 4.98 Å². The summed E-state index contributed by atoms with van der Waals surface area (Å²) in [5.74, 6) is 0.240. The molecule has 2 atom stereocenters. The van der Waals surface area contributed by atoms with Crippen LogP contribution < -0.4 is 11.1 Å². The Morgan fingerprint density at radius 2 is 2.17 bits per heavy atom. The highest BCUT2D eigenvalue weighted by atomic mass is 35.5. The van der Waals surface area contributed by atoms with E-state index in [0.717, 1.165) is 43.4 Å². The van der Waals surface area contributed by atoms with Gasteiger partial charge in [0, 0.05) is 37.3 Å². The fourth-order valence-electron chi connectivity index (χ4n) is 3.03. The molecule has 23 heavy (non-hydrogen) atoms. The molecule has 0 bridgehead atoms. The molecule has 2 unspecified atom stereocenters. The van der Waals surface area contributed by atoms with E-state index in [9.17, 15) is 4.79 Å². The molecule has 2 aromatic rings. The molecule has 2 heterocycles. The van der Waals surface area contributed by atoms with Crippen molar-refractivity contribution in [2.75, 3.05) is 6.54 Å². The smallest absolute Gasteiger partial charge is 0.223 e. The molecular weight excluding hydrogens is 335 g/mol. The molecule has 1 aliphatic carbocycles. The van der Waals surface area contributed by atoms with Gasteiger partial charge in [-0.2, -0.15) is 0 Å². The second kappa shape index (κ2) is 9.11. The highest BCUT2D eigenvalue weighted by Gasteiger charge is 2.24. The first-order chi connectivity index (χ1) is 10.2. The topological polar surface area (TPSA) is 72.4 Å². The number of amides is 1. The summed E-state index contributed by atoms with van der Waals surface area (Å²) in [6.45, 7) is 0.633. The van der Waals surface area contributed by atoms with Gasteiger partial charge in [0.2, 0.25) is 5.91 Å². The van der Waals surface area contributed by atoms with Crippen molar-refractivity contribution in [1.29, 1.82) is 0 Å². The number of hydrogen-bond acceptors (Lipinski definition) is 3. The fourth-order valence-corrected chi connectivity index (χ4v) is 3.03. The summed E-state index contributed by atoms with van der Waals surface area (Å²) in [6.07, 6.45) is 8.64. The Balaban J connectivity index is 0.00000132. The van der Waals surface area contributed by atoms with Crippen molar-refractivity contribution in [1.82, 2.24) is 14.7 Å². The SMILES string of the molecule is Cl.Cl.NC1CCCC(C(=O)NCCc2cn3ccccc3n2)C1. The van der Waals surface area contributed by atoms with E-state index in [1.807, 2.05) is 35.0 Å². The van der Waals surface area contributed by atoms with Gasteiger partial charge in [0.1, 0.15) is 5.65 Å². The van der Waals surface area contributed by atoms with Gasteiger partial charge in [-0.05, 0) is 31.4 Å². The number of fused-ring (bicyclic) bond motifs is 1. The van der Waals surface area contributed by atoms with Crippen LogP contribution in [0.4, 0.5) is 0 Å². The number of rotatable bonds is 4. The Bertz CT molecular complexity index is 598. The largest absolute Gasteiger partial charge is 0.355 e. The molecule has 0 spiro atoms. The quantitative estimate of drug-likeness (QED) is 0.880. The minimum Gasteiger partial charge on any atom is -0.355 e. The molecule has 7 heteroatoms. The van der Waals surface area contributed by atoms with Crippen LogP contribution in [-0.4, -0.2) is 27.9 Å². The van der Waals surface area contributed by atoms with E-state index in [4.69, 9.17) is 5.73 Å². The van der Waals surface area contributed by atoms with Crippen LogP contribution in [0.1, 0.15) is 31.4 Å². The average molecular weight is 359 g/mol. The lowest BCUT2D eigenvalue weighted by atomic mass is 9.85. The molecule has 2 aromatic heterocycles. The zero-order valence-corrected chi connectivity index (χ0v) is 14.6. The molecule has 0 aliphatic heterocycles. The van der Waals surface area contributed by atoms with E-state index in [0.29, 0.717) is 6.54 Å². The number of carbonyl (C=O) groups is 1. The summed E-state index contributed by atoms with van der Waals surface area (Å²) >= 11 is 0. The Morgan fingerprint density at radius 3 is 2.91 bits per heavy atom. The summed E-state index contributed by atoms with van der Waals surface area (Å²) in [4.78, 5) is 16.6. The summed E-state index contributed by atoms with van der Waals surface area (Å²) in [5, 5.41) is 3.02. The number of halogens is 2. The van der Waals surface area contributed by atoms with Crippen molar-refractivity contribution in [3.63, 3.8) is 0 Å². The maximum Gasteiger partial charge on any atom is 0.223 e. The third-order valence-electron chi connectivity index (χ3n) is 4.18. The van der Waals surface area contributed by atoms with Crippen LogP contribution in [0.2, 0.25) is 0 Å². The lowest BCUT2D eigenvalue weighted by Crippen LogP contribution is -2.38. The number of aromatic nitrogens is 2. The van der Waals surface area contributed by atoms with Gasteiger partial charge in [0.15, 0.2) is 0 Å². The van der Waals surface area contributed by atoms with E-state index >= 15 is 0 Å². The molecule has 1 fully saturated rings. The van der Waals surface area contributed by atoms with Crippen molar-refractivity contribution in [2.45, 2.75) is 38.1 Å². The molecule has 1 saturated carbocycles. The van der Waals surface area contributed by atoms with Crippen molar-refractivity contribution in [3.8, 4) is 0 Å². The van der Waals surface area contributed by atoms with Gasteiger partial charge in [0.05, 0.1) is 5.69 Å². The highest BCUT2D eigenvalue weighted by molar-refractivity contribution is 5.85. The molecule has 0 saturated heterocycles. The van der Waals surface area contributed by atoms with E-state index < -0.39 is 0 Å². The minimum atomic E-state index is 0. The maximum absolute atomic E-state index is 12.1. The van der Waals surface area contributed by atoms with Crippen LogP contribution in [-0.2, 0) is 11.2 Å². The standard InChI is InChI=1S/C16H22N4O.2ClH/c17-13-5-3-4-12(10-13)16(21)18-8-7-14-11-20-9-2-1-6-15(20)19-14;;/h1-2,6,9,11-13H,3-5,7-8,10,17H2,(H,18,21);2*1H. The molecular formula is C16H24Cl2N4O. The van der Waals surface area contributed by atoms with Crippen molar-refractivity contribution in [2.24, 2.45) is 11.7 Å². The van der Waals surface area contributed by atoms with E-state index in [1.54, 1.807) is 0 Å². The number of nitrogens with one attached hydrogen (secondary N) is 1. The summed E-state index contributed by atoms with van der Waals surface area (Å²) in [7, 11) is 0. The zero-order valence-electron chi connectivity index (χ0n) is 13.0. The van der Waals surface area contributed by atoms with Crippen LogP contribution in [0.25, 0.3) is 5.65 Å². The minimum absolute atomic E-state index is 0. The van der Waals surface area contributed by atoms with Crippen LogP contribution in [0.5, 0.6) is 0 Å². The number of imidazole rings is 1. The van der Waals surface area contributed by atoms with Crippen molar-refractivity contribution in [3.05, 3.63) is 36.3 Å². The third-order valence-corrected chi connectivity index (χ3v) is 4.18. The fraction of sp³-hybridized carbons (Fsp3) is 0.500. The van der Waals surface area contributed by atoms with E-state index in [1.165, 1.54) is 0 Å². The number of pyridine rings is 1. The van der Waals surface area contributed by atoms with E-state index in [2.05, 4.69) is 10.3 Å². The summed E-state index contributed by atoms with van der Waals surface area (Å²) in [6, 6.07) is 6.12. The Hall–Kier alpha value is -1.30. The molecule has 0 radical (unpaired) electrons. The van der Waals surface area contributed by atoms with Crippen molar-refractivity contribution >= 4 is 36.4 Å². The summed E-state index contributed by atoms with van der Waals surface area (Å²) < 4.78 is 2.00. The molecule has 3 rings (SSSR count). The molecule has 0 aromatic carbocycles. The first kappa shape index (κ1) is 19.7. The molecule has 1 amide bonds. The Morgan fingerprint density at radius 1 is 1.35 bits per heavy atom. The Kier molecular flexibility index (Phi) is 7.82. The van der Waals surface area contributed by atoms with Crippen molar-refractivity contribution < 1.29 is 4.79 Å². The van der Waals surface area contributed by atoms with Gasteiger partial charge in [0.25, 0.3) is 0 Å². The van der Waals surface area contributed by atoms with Gasteiger partial charge in [-0.15, -0.1) is 24.8 Å². The second-order valence-corrected chi connectivity index (χ2v) is 5.86. The molecule has 3 N–H and O–H groups in total. The molecule has 5 nitrogen and oxygen atoms in total. The first-order valence-electron chi connectivity index (χ1n) is 7.68. The second-order valence-electron chi connectivity index (χ2n) is 5.86. The van der Waals surface area contributed by atoms with Crippen LogP contribution in [0.3, 0.4) is 0 Å².